The van der Waals surface area contributed by atoms with E-state index in [2.05, 4.69) is 13.8 Å². The van der Waals surface area contributed by atoms with Crippen molar-refractivity contribution in [3.8, 4) is 0 Å². The highest BCUT2D eigenvalue weighted by atomic mass is 32.1. The smallest absolute Gasteiger partial charge is 0.231 e. The summed E-state index contributed by atoms with van der Waals surface area (Å²) in [5, 5.41) is 1.91. The van der Waals surface area contributed by atoms with Crippen molar-refractivity contribution in [3.63, 3.8) is 0 Å². The maximum Gasteiger partial charge on any atom is 0.231 e. The molecule has 1 rings (SSSR count). The van der Waals surface area contributed by atoms with Crippen LogP contribution in [0.3, 0.4) is 0 Å². The Bertz CT molecular complexity index is 402. The Morgan fingerprint density at radius 2 is 2.16 bits per heavy atom. The zero-order chi connectivity index (χ0) is 14.3. The molecule has 0 atom stereocenters. The molecule has 0 spiro atoms. The van der Waals surface area contributed by atoms with Crippen LogP contribution in [0.25, 0.3) is 0 Å². The number of Topliss-reactive ketones (excluding diaryl/α,β-unsaturated/α-hetero) is 1. The highest BCUT2D eigenvalue weighted by Gasteiger charge is 2.12. The number of rotatable bonds is 9. The molecule has 2 N–H and O–H groups in total. The Labute approximate surface area is 118 Å². The van der Waals surface area contributed by atoms with Gasteiger partial charge in [-0.1, -0.05) is 19.9 Å². The molecule has 0 saturated heterocycles. The molecule has 1 aromatic heterocycles. The number of amides is 1. The first-order valence-electron chi connectivity index (χ1n) is 6.56. The van der Waals surface area contributed by atoms with Gasteiger partial charge in [0, 0.05) is 13.0 Å². The molecule has 0 fully saturated rings. The molecule has 0 saturated carbocycles. The lowest BCUT2D eigenvalue weighted by molar-refractivity contribution is -0.119. The van der Waals surface area contributed by atoms with Gasteiger partial charge in [0.05, 0.1) is 11.4 Å². The van der Waals surface area contributed by atoms with Gasteiger partial charge in [0.2, 0.25) is 5.91 Å². The Balaban J connectivity index is 2.35. The molecule has 1 amide bonds. The molecule has 0 bridgehead atoms. The highest BCUT2D eigenvalue weighted by molar-refractivity contribution is 7.12. The topological polar surface area (TPSA) is 63.4 Å². The fourth-order valence-electron chi connectivity index (χ4n) is 2.00. The van der Waals surface area contributed by atoms with E-state index in [0.717, 1.165) is 24.4 Å². The van der Waals surface area contributed by atoms with Crippen molar-refractivity contribution in [2.45, 2.75) is 26.7 Å². The monoisotopic (exact) mass is 282 g/mol. The van der Waals surface area contributed by atoms with E-state index >= 15 is 0 Å². The summed E-state index contributed by atoms with van der Waals surface area (Å²) in [6.45, 7) is 6.04. The average molecular weight is 282 g/mol. The summed E-state index contributed by atoms with van der Waals surface area (Å²) in [6.07, 6.45) is 1.28. The van der Waals surface area contributed by atoms with Crippen LogP contribution in [-0.2, 0) is 4.79 Å². The lowest BCUT2D eigenvalue weighted by Crippen LogP contribution is -2.37. The van der Waals surface area contributed by atoms with E-state index in [4.69, 9.17) is 5.73 Å². The van der Waals surface area contributed by atoms with Crippen LogP contribution in [0.2, 0.25) is 0 Å². The Morgan fingerprint density at radius 1 is 1.42 bits per heavy atom. The second-order valence-electron chi connectivity index (χ2n) is 5.10. The van der Waals surface area contributed by atoms with Gasteiger partial charge in [0.1, 0.15) is 0 Å². The molecule has 0 aliphatic carbocycles. The second-order valence-corrected chi connectivity index (χ2v) is 6.05. The Morgan fingerprint density at radius 3 is 2.68 bits per heavy atom. The minimum absolute atomic E-state index is 0.179. The summed E-state index contributed by atoms with van der Waals surface area (Å²) in [4.78, 5) is 25.7. The summed E-state index contributed by atoms with van der Waals surface area (Å²) in [7, 11) is 0. The summed E-state index contributed by atoms with van der Waals surface area (Å²) in [5.74, 6) is 0.344. The van der Waals surface area contributed by atoms with Gasteiger partial charge in [0.25, 0.3) is 0 Å². The fraction of sp³-hybridized carbons (Fsp3) is 0.571. The van der Waals surface area contributed by atoms with Crippen LogP contribution in [0.15, 0.2) is 17.5 Å². The van der Waals surface area contributed by atoms with Crippen molar-refractivity contribution in [2.75, 3.05) is 19.6 Å². The first-order valence-corrected chi connectivity index (χ1v) is 7.44. The van der Waals surface area contributed by atoms with Crippen molar-refractivity contribution in [2.24, 2.45) is 11.7 Å². The predicted molar refractivity (Wildman–Crippen MR) is 78.4 cm³/mol. The van der Waals surface area contributed by atoms with Crippen molar-refractivity contribution < 1.29 is 9.59 Å². The molecule has 0 aromatic carbocycles. The van der Waals surface area contributed by atoms with E-state index in [0.29, 0.717) is 12.3 Å². The van der Waals surface area contributed by atoms with Gasteiger partial charge in [-0.3, -0.25) is 14.5 Å². The summed E-state index contributed by atoms with van der Waals surface area (Å²) < 4.78 is 0. The highest BCUT2D eigenvalue weighted by Crippen LogP contribution is 2.12. The maximum atomic E-state index is 11.8. The minimum Gasteiger partial charge on any atom is -0.369 e. The van der Waals surface area contributed by atoms with Gasteiger partial charge < -0.3 is 5.73 Å². The van der Waals surface area contributed by atoms with Crippen molar-refractivity contribution in [1.82, 2.24) is 4.90 Å². The number of nitrogens with zero attached hydrogens (tertiary/aromatic N) is 1. The van der Waals surface area contributed by atoms with Crippen LogP contribution in [0.5, 0.6) is 0 Å². The van der Waals surface area contributed by atoms with E-state index in [1.807, 2.05) is 22.4 Å². The normalized spacial score (nSPS) is 11.2. The van der Waals surface area contributed by atoms with Crippen LogP contribution < -0.4 is 5.73 Å². The quantitative estimate of drug-likeness (QED) is 0.706. The number of hydrogen-bond acceptors (Lipinski definition) is 4. The molecule has 1 aromatic rings. The number of thiophene rings is 1. The van der Waals surface area contributed by atoms with Crippen LogP contribution in [-0.4, -0.2) is 36.2 Å². The van der Waals surface area contributed by atoms with Crippen LogP contribution in [0, 0.1) is 5.92 Å². The van der Waals surface area contributed by atoms with Gasteiger partial charge >= 0.3 is 0 Å². The zero-order valence-corrected chi connectivity index (χ0v) is 12.4. The molecule has 0 radical (unpaired) electrons. The largest absolute Gasteiger partial charge is 0.369 e. The number of primary amides is 1. The van der Waals surface area contributed by atoms with Crippen LogP contribution in [0.1, 0.15) is 36.4 Å². The molecule has 106 valence electrons. The first-order chi connectivity index (χ1) is 8.99. The number of hydrogen-bond donors (Lipinski definition) is 1. The average Bonchev–Trinajstić information content (AvgIpc) is 2.80. The predicted octanol–water partition coefficient (Wildman–Crippen LogP) is 2.15. The third-order valence-electron chi connectivity index (χ3n) is 2.68. The molecule has 0 aliphatic heterocycles. The maximum absolute atomic E-state index is 11.8. The standard InChI is InChI=1S/C14H22N2O2S/c1-11(2)9-16(10-14(15)18)7-3-5-12(17)13-6-4-8-19-13/h4,6,8,11H,3,5,7,9-10H2,1-2H3,(H2,15,18). The van der Waals surface area contributed by atoms with Crippen molar-refractivity contribution in [3.05, 3.63) is 22.4 Å². The van der Waals surface area contributed by atoms with Gasteiger partial charge in [-0.25, -0.2) is 0 Å². The number of carbonyl (C=O) groups is 2. The molecular formula is C14H22N2O2S. The molecule has 0 aliphatic rings. The van der Waals surface area contributed by atoms with E-state index < -0.39 is 0 Å². The van der Waals surface area contributed by atoms with Gasteiger partial charge in [-0.15, -0.1) is 11.3 Å². The SMILES string of the molecule is CC(C)CN(CCCC(=O)c1cccs1)CC(N)=O. The van der Waals surface area contributed by atoms with Crippen molar-refractivity contribution in [1.29, 1.82) is 0 Å². The zero-order valence-electron chi connectivity index (χ0n) is 11.6. The summed E-state index contributed by atoms with van der Waals surface area (Å²) >= 11 is 1.47. The molecule has 4 nitrogen and oxygen atoms in total. The second kappa shape index (κ2) is 8.07. The number of nitrogens with two attached hydrogens (primary N) is 1. The minimum atomic E-state index is -0.315. The first kappa shape index (κ1) is 15.9. The molecule has 1 heterocycles. The van der Waals surface area contributed by atoms with E-state index in [9.17, 15) is 9.59 Å². The van der Waals surface area contributed by atoms with Gasteiger partial charge in [0.15, 0.2) is 5.78 Å². The molecular weight excluding hydrogens is 260 g/mol. The van der Waals surface area contributed by atoms with Crippen LogP contribution in [0.4, 0.5) is 0 Å². The lowest BCUT2D eigenvalue weighted by Gasteiger charge is -2.22. The van der Waals surface area contributed by atoms with Crippen molar-refractivity contribution >= 4 is 23.0 Å². The van der Waals surface area contributed by atoms with Gasteiger partial charge in [-0.05, 0) is 30.3 Å². The molecule has 5 heteroatoms. The lowest BCUT2D eigenvalue weighted by atomic mass is 10.1. The summed E-state index contributed by atoms with van der Waals surface area (Å²) in [5.41, 5.74) is 5.23. The van der Waals surface area contributed by atoms with E-state index in [-0.39, 0.29) is 18.2 Å². The third kappa shape index (κ3) is 6.50. The number of carbonyl (C=O) groups excluding carboxylic acids is 2. The van der Waals surface area contributed by atoms with E-state index in [1.165, 1.54) is 11.3 Å². The number of ketones is 1. The molecule has 19 heavy (non-hydrogen) atoms. The van der Waals surface area contributed by atoms with E-state index in [1.54, 1.807) is 0 Å². The third-order valence-corrected chi connectivity index (χ3v) is 3.59. The Kier molecular flexibility index (Phi) is 6.73. The van der Waals surface area contributed by atoms with Gasteiger partial charge in [-0.2, -0.15) is 0 Å². The Hall–Kier alpha value is -1.20. The molecule has 0 unspecified atom stereocenters. The fourth-order valence-corrected chi connectivity index (χ4v) is 2.69. The van der Waals surface area contributed by atoms with Crippen LogP contribution >= 0.6 is 11.3 Å². The summed E-state index contributed by atoms with van der Waals surface area (Å²) in [6, 6.07) is 3.73.